The maximum Gasteiger partial charge on any atom is 0.303 e. The Hall–Kier alpha value is -0.180. The molecule has 0 aromatic rings. The standard InChI is InChI=1S/C5H8O2S/c6-5(7)2-1-4-3-8-4/h4H,1-3H2,(H,6,7). The fraction of sp³-hybridized carbons (Fsp3) is 0.800. The van der Waals surface area contributed by atoms with Crippen LogP contribution in [0.2, 0.25) is 0 Å². The summed E-state index contributed by atoms with van der Waals surface area (Å²) in [6.45, 7) is 0. The van der Waals surface area contributed by atoms with Gasteiger partial charge in [-0.3, -0.25) is 4.79 Å². The summed E-state index contributed by atoms with van der Waals surface area (Å²) in [5, 5.41) is 8.85. The fourth-order valence-electron chi connectivity index (χ4n) is 0.519. The molecule has 0 amide bonds. The Bertz CT molecular complexity index is 98.6. The van der Waals surface area contributed by atoms with Gasteiger partial charge >= 0.3 is 5.97 Å². The van der Waals surface area contributed by atoms with Crippen LogP contribution < -0.4 is 0 Å². The Balaban J connectivity index is 1.95. The Morgan fingerprint density at radius 3 is 2.88 bits per heavy atom. The van der Waals surface area contributed by atoms with Crippen molar-refractivity contribution in [2.24, 2.45) is 0 Å². The second-order valence-electron chi connectivity index (χ2n) is 1.89. The minimum atomic E-state index is -0.669. The fourth-order valence-corrected chi connectivity index (χ4v) is 1.11. The first-order valence-electron chi connectivity index (χ1n) is 2.62. The van der Waals surface area contributed by atoms with Gasteiger partial charge in [-0.25, -0.2) is 0 Å². The third-order valence-electron chi connectivity index (χ3n) is 1.08. The molecule has 0 aliphatic carbocycles. The molecule has 1 heterocycles. The van der Waals surface area contributed by atoms with Crippen LogP contribution in [-0.4, -0.2) is 22.1 Å². The molecule has 1 N–H and O–H groups in total. The summed E-state index contributed by atoms with van der Waals surface area (Å²) in [5.41, 5.74) is 0. The molecule has 3 heteroatoms. The van der Waals surface area contributed by atoms with Crippen LogP contribution in [0, 0.1) is 0 Å². The van der Waals surface area contributed by atoms with E-state index in [0.717, 1.165) is 6.42 Å². The van der Waals surface area contributed by atoms with Gasteiger partial charge in [0.05, 0.1) is 0 Å². The Morgan fingerprint density at radius 2 is 2.50 bits per heavy atom. The smallest absolute Gasteiger partial charge is 0.303 e. The van der Waals surface area contributed by atoms with Crippen LogP contribution in [0.15, 0.2) is 0 Å². The summed E-state index contributed by atoms with van der Waals surface area (Å²) in [6, 6.07) is 0. The molecule has 1 saturated heterocycles. The normalized spacial score (nSPS) is 25.2. The van der Waals surface area contributed by atoms with Gasteiger partial charge in [-0.15, -0.1) is 0 Å². The van der Waals surface area contributed by atoms with E-state index in [1.165, 1.54) is 5.75 Å². The van der Waals surface area contributed by atoms with E-state index in [-0.39, 0.29) is 0 Å². The zero-order valence-electron chi connectivity index (χ0n) is 4.46. The highest BCUT2D eigenvalue weighted by atomic mass is 32.2. The van der Waals surface area contributed by atoms with E-state index in [9.17, 15) is 4.79 Å². The second-order valence-corrected chi connectivity index (χ2v) is 3.22. The number of carbonyl (C=O) groups is 1. The molecule has 0 radical (unpaired) electrons. The minimum Gasteiger partial charge on any atom is -0.481 e. The summed E-state index contributed by atoms with van der Waals surface area (Å²) < 4.78 is 0. The first kappa shape index (κ1) is 5.95. The van der Waals surface area contributed by atoms with E-state index in [4.69, 9.17) is 5.11 Å². The number of hydrogen-bond donors (Lipinski definition) is 1. The van der Waals surface area contributed by atoms with Crippen molar-refractivity contribution >= 4 is 17.7 Å². The average molecular weight is 132 g/mol. The van der Waals surface area contributed by atoms with Crippen molar-refractivity contribution in [2.45, 2.75) is 18.1 Å². The molecule has 2 nitrogen and oxygen atoms in total. The van der Waals surface area contributed by atoms with Gasteiger partial charge in [-0.1, -0.05) is 0 Å². The van der Waals surface area contributed by atoms with Crippen LogP contribution in [0.1, 0.15) is 12.8 Å². The van der Waals surface area contributed by atoms with Gasteiger partial charge in [-0.05, 0) is 6.42 Å². The Kier molecular flexibility index (Phi) is 1.78. The van der Waals surface area contributed by atoms with Crippen molar-refractivity contribution in [1.29, 1.82) is 0 Å². The summed E-state index contributed by atoms with van der Waals surface area (Å²) in [6.07, 6.45) is 1.21. The first-order chi connectivity index (χ1) is 3.79. The molecule has 46 valence electrons. The Labute approximate surface area is 52.3 Å². The largest absolute Gasteiger partial charge is 0.481 e. The molecule has 1 aliphatic heterocycles. The quantitative estimate of drug-likeness (QED) is 0.581. The zero-order valence-corrected chi connectivity index (χ0v) is 5.28. The van der Waals surface area contributed by atoms with E-state index in [2.05, 4.69) is 0 Å². The lowest BCUT2D eigenvalue weighted by molar-refractivity contribution is -0.137. The molecule has 1 fully saturated rings. The highest BCUT2D eigenvalue weighted by molar-refractivity contribution is 8.06. The van der Waals surface area contributed by atoms with E-state index in [1.54, 1.807) is 0 Å². The molecule has 8 heavy (non-hydrogen) atoms. The molecule has 1 rings (SSSR count). The molecule has 0 aromatic carbocycles. The predicted octanol–water partition coefficient (Wildman–Crippen LogP) is 0.967. The minimum absolute atomic E-state index is 0.345. The molecule has 1 unspecified atom stereocenters. The highest BCUT2D eigenvalue weighted by Crippen LogP contribution is 2.33. The van der Waals surface area contributed by atoms with Crippen LogP contribution in [-0.2, 0) is 4.79 Å². The van der Waals surface area contributed by atoms with Gasteiger partial charge in [0, 0.05) is 17.4 Å². The molecule has 0 aromatic heterocycles. The van der Waals surface area contributed by atoms with Crippen molar-refractivity contribution < 1.29 is 9.90 Å². The lowest BCUT2D eigenvalue weighted by Crippen LogP contribution is -1.95. The zero-order chi connectivity index (χ0) is 5.98. The SMILES string of the molecule is O=C(O)CCC1CS1. The molecular formula is C5H8O2S. The monoisotopic (exact) mass is 132 g/mol. The first-order valence-corrected chi connectivity index (χ1v) is 3.67. The topological polar surface area (TPSA) is 37.3 Å². The number of hydrogen-bond acceptors (Lipinski definition) is 2. The second kappa shape index (κ2) is 2.40. The van der Waals surface area contributed by atoms with Crippen molar-refractivity contribution in [3.63, 3.8) is 0 Å². The summed E-state index contributed by atoms with van der Waals surface area (Å²) in [5.74, 6) is 0.505. The summed E-state index contributed by atoms with van der Waals surface area (Å²) in [7, 11) is 0. The molecule has 0 bridgehead atoms. The van der Waals surface area contributed by atoms with E-state index >= 15 is 0 Å². The van der Waals surface area contributed by atoms with Crippen molar-refractivity contribution in [3.05, 3.63) is 0 Å². The van der Waals surface area contributed by atoms with Gasteiger partial charge in [0.25, 0.3) is 0 Å². The number of thioether (sulfide) groups is 1. The maximum atomic E-state index is 9.92. The van der Waals surface area contributed by atoms with Crippen LogP contribution in [0.3, 0.4) is 0 Å². The number of carboxylic acid groups (broad SMARTS) is 1. The molecule has 1 atom stereocenters. The summed E-state index contributed by atoms with van der Waals surface area (Å²) >= 11 is 1.85. The van der Waals surface area contributed by atoms with E-state index in [0.29, 0.717) is 11.7 Å². The van der Waals surface area contributed by atoms with Gasteiger partial charge in [0.15, 0.2) is 0 Å². The average Bonchev–Trinajstić information content (AvgIpc) is 2.41. The lowest BCUT2D eigenvalue weighted by atomic mass is 10.3. The van der Waals surface area contributed by atoms with Gasteiger partial charge in [-0.2, -0.15) is 11.8 Å². The third kappa shape index (κ3) is 2.21. The van der Waals surface area contributed by atoms with Crippen LogP contribution in [0.5, 0.6) is 0 Å². The number of carboxylic acids is 1. The van der Waals surface area contributed by atoms with Crippen molar-refractivity contribution in [3.8, 4) is 0 Å². The number of aliphatic carboxylic acids is 1. The predicted molar refractivity (Wildman–Crippen MR) is 33.1 cm³/mol. The highest BCUT2D eigenvalue weighted by Gasteiger charge is 2.22. The lowest BCUT2D eigenvalue weighted by Gasteiger charge is -1.86. The van der Waals surface area contributed by atoms with E-state index < -0.39 is 5.97 Å². The third-order valence-corrected chi connectivity index (χ3v) is 2.12. The van der Waals surface area contributed by atoms with Gasteiger partial charge in [0.1, 0.15) is 0 Å². The number of rotatable bonds is 3. The maximum absolute atomic E-state index is 9.92. The molecule has 0 spiro atoms. The molecular weight excluding hydrogens is 124 g/mol. The van der Waals surface area contributed by atoms with Crippen LogP contribution in [0.4, 0.5) is 0 Å². The van der Waals surface area contributed by atoms with Gasteiger partial charge in [0.2, 0.25) is 0 Å². The summed E-state index contributed by atoms with van der Waals surface area (Å²) in [4.78, 5) is 9.92. The van der Waals surface area contributed by atoms with Gasteiger partial charge < -0.3 is 5.11 Å². The van der Waals surface area contributed by atoms with Crippen LogP contribution in [0.25, 0.3) is 0 Å². The molecule has 0 saturated carbocycles. The molecule has 1 aliphatic rings. The Morgan fingerprint density at radius 1 is 1.88 bits per heavy atom. The van der Waals surface area contributed by atoms with Crippen LogP contribution >= 0.6 is 11.8 Å². The van der Waals surface area contributed by atoms with E-state index in [1.807, 2.05) is 11.8 Å². The van der Waals surface area contributed by atoms with Crippen molar-refractivity contribution in [1.82, 2.24) is 0 Å². The van der Waals surface area contributed by atoms with Crippen molar-refractivity contribution in [2.75, 3.05) is 5.75 Å².